The molecule has 0 radical (unpaired) electrons. The van der Waals surface area contributed by atoms with Gasteiger partial charge in [0.1, 0.15) is 12.6 Å². The maximum Gasteiger partial charge on any atom is 0.416 e. The molecule has 1 atom stereocenters. The van der Waals surface area contributed by atoms with E-state index < -0.39 is 51.9 Å². The molecule has 198 valence electrons. The molecule has 0 heterocycles. The number of benzene rings is 2. The molecule has 0 saturated heterocycles. The third-order valence-electron chi connectivity index (χ3n) is 5.42. The fourth-order valence-electron chi connectivity index (χ4n) is 3.44. The monoisotopic (exact) mass is 547 g/mol. The highest BCUT2D eigenvalue weighted by atomic mass is 35.5. The zero-order valence-corrected chi connectivity index (χ0v) is 21.8. The molecule has 0 bridgehead atoms. The maximum atomic E-state index is 13.4. The molecule has 0 aliphatic heterocycles. The standard InChI is InChI=1S/C24H29ClF3N3O4S/c1-4-13-29-23(33)17(2)30(14-12-18-8-6-5-7-9-18)22(32)16-31(36(3,34)35)21-15-19(24(26,27)28)10-11-20(21)25/h5-11,15,17H,4,12-14,16H2,1-3H3,(H,29,33)/t17-/m1/s1. The Bertz CT molecular complexity index is 1160. The lowest BCUT2D eigenvalue weighted by molar-refractivity contribution is -0.138. The second kappa shape index (κ2) is 12.4. The summed E-state index contributed by atoms with van der Waals surface area (Å²) in [5.41, 5.74) is -0.706. The van der Waals surface area contributed by atoms with Crippen LogP contribution < -0.4 is 9.62 Å². The van der Waals surface area contributed by atoms with Crippen LogP contribution >= 0.6 is 11.6 Å². The molecular weight excluding hydrogens is 519 g/mol. The van der Waals surface area contributed by atoms with Gasteiger partial charge in [-0.25, -0.2) is 8.42 Å². The number of nitrogens with zero attached hydrogens (tertiary/aromatic N) is 2. The van der Waals surface area contributed by atoms with Crippen molar-refractivity contribution in [1.82, 2.24) is 10.2 Å². The molecule has 0 spiro atoms. The Morgan fingerprint density at radius 3 is 2.31 bits per heavy atom. The smallest absolute Gasteiger partial charge is 0.354 e. The molecule has 2 aromatic rings. The van der Waals surface area contributed by atoms with Gasteiger partial charge in [-0.1, -0.05) is 48.9 Å². The van der Waals surface area contributed by atoms with Gasteiger partial charge in [0, 0.05) is 13.1 Å². The van der Waals surface area contributed by atoms with Crippen molar-refractivity contribution >= 4 is 39.1 Å². The van der Waals surface area contributed by atoms with E-state index in [1.165, 1.54) is 11.8 Å². The first kappa shape index (κ1) is 29.4. The van der Waals surface area contributed by atoms with E-state index in [1.807, 2.05) is 37.3 Å². The largest absolute Gasteiger partial charge is 0.416 e. The molecule has 36 heavy (non-hydrogen) atoms. The number of anilines is 1. The van der Waals surface area contributed by atoms with Gasteiger partial charge >= 0.3 is 6.18 Å². The lowest BCUT2D eigenvalue weighted by atomic mass is 10.1. The number of sulfonamides is 1. The summed E-state index contributed by atoms with van der Waals surface area (Å²) in [7, 11) is -4.23. The van der Waals surface area contributed by atoms with Crippen molar-refractivity contribution in [3.63, 3.8) is 0 Å². The van der Waals surface area contributed by atoms with E-state index in [1.54, 1.807) is 0 Å². The summed E-state index contributed by atoms with van der Waals surface area (Å²) in [4.78, 5) is 27.2. The van der Waals surface area contributed by atoms with Gasteiger partial charge in [0.05, 0.1) is 22.5 Å². The average molecular weight is 548 g/mol. The van der Waals surface area contributed by atoms with E-state index in [4.69, 9.17) is 11.6 Å². The van der Waals surface area contributed by atoms with Crippen LogP contribution in [0.5, 0.6) is 0 Å². The van der Waals surface area contributed by atoms with E-state index >= 15 is 0 Å². The third kappa shape index (κ3) is 8.12. The lowest BCUT2D eigenvalue weighted by Gasteiger charge is -2.31. The van der Waals surface area contributed by atoms with Crippen LogP contribution in [-0.2, 0) is 32.2 Å². The van der Waals surface area contributed by atoms with Gasteiger partial charge in [0.15, 0.2) is 0 Å². The van der Waals surface area contributed by atoms with Gasteiger partial charge in [-0.05, 0) is 43.5 Å². The van der Waals surface area contributed by atoms with Crippen molar-refractivity contribution in [2.75, 3.05) is 30.2 Å². The Morgan fingerprint density at radius 2 is 1.75 bits per heavy atom. The number of hydrogen-bond acceptors (Lipinski definition) is 4. The fourth-order valence-corrected chi connectivity index (χ4v) is 4.56. The molecule has 2 amide bonds. The maximum absolute atomic E-state index is 13.4. The van der Waals surface area contributed by atoms with Crippen LogP contribution in [0.2, 0.25) is 5.02 Å². The van der Waals surface area contributed by atoms with E-state index in [-0.39, 0.29) is 11.6 Å². The fraction of sp³-hybridized carbons (Fsp3) is 0.417. The van der Waals surface area contributed by atoms with Crippen LogP contribution in [0.25, 0.3) is 0 Å². The van der Waals surface area contributed by atoms with Crippen LogP contribution in [0.3, 0.4) is 0 Å². The summed E-state index contributed by atoms with van der Waals surface area (Å²) in [5.74, 6) is -1.19. The molecule has 2 rings (SSSR count). The summed E-state index contributed by atoms with van der Waals surface area (Å²) < 4.78 is 65.5. The normalized spacial score (nSPS) is 12.6. The average Bonchev–Trinajstić information content (AvgIpc) is 2.80. The molecule has 0 fully saturated rings. The zero-order chi connectivity index (χ0) is 27.1. The Hall–Kier alpha value is -2.79. The van der Waals surface area contributed by atoms with Crippen molar-refractivity contribution in [2.45, 2.75) is 38.9 Å². The van der Waals surface area contributed by atoms with Crippen LogP contribution in [0.15, 0.2) is 48.5 Å². The number of rotatable bonds is 11. The summed E-state index contributed by atoms with van der Waals surface area (Å²) >= 11 is 6.06. The van der Waals surface area contributed by atoms with Gasteiger partial charge in [-0.3, -0.25) is 13.9 Å². The first-order valence-corrected chi connectivity index (χ1v) is 13.4. The van der Waals surface area contributed by atoms with Gasteiger partial charge in [0.25, 0.3) is 0 Å². The molecule has 0 aliphatic carbocycles. The van der Waals surface area contributed by atoms with Crippen LogP contribution in [-0.4, -0.2) is 57.1 Å². The van der Waals surface area contributed by atoms with Crippen molar-refractivity contribution in [3.05, 3.63) is 64.7 Å². The number of carbonyl (C=O) groups excluding carboxylic acids is 2. The highest BCUT2D eigenvalue weighted by Crippen LogP contribution is 2.36. The third-order valence-corrected chi connectivity index (χ3v) is 6.87. The number of halogens is 4. The predicted molar refractivity (Wildman–Crippen MR) is 133 cm³/mol. The van der Waals surface area contributed by atoms with Gasteiger partial charge in [-0.15, -0.1) is 0 Å². The SMILES string of the molecule is CCCNC(=O)[C@@H](C)N(CCc1ccccc1)C(=O)CN(c1cc(C(F)(F)F)ccc1Cl)S(C)(=O)=O. The molecule has 2 aromatic carbocycles. The molecule has 1 N–H and O–H groups in total. The molecule has 0 aromatic heterocycles. The highest BCUT2D eigenvalue weighted by molar-refractivity contribution is 7.92. The quantitative estimate of drug-likeness (QED) is 0.459. The minimum absolute atomic E-state index is 0.0808. The second-order valence-corrected chi connectivity index (χ2v) is 10.5. The van der Waals surface area contributed by atoms with E-state index in [2.05, 4.69) is 5.32 Å². The first-order valence-electron chi connectivity index (χ1n) is 11.2. The predicted octanol–water partition coefficient (Wildman–Crippen LogP) is 4.11. The first-order chi connectivity index (χ1) is 16.8. The zero-order valence-electron chi connectivity index (χ0n) is 20.2. The molecular formula is C24H29ClF3N3O4S. The lowest BCUT2D eigenvalue weighted by Crippen LogP contribution is -2.52. The second-order valence-electron chi connectivity index (χ2n) is 8.22. The summed E-state index contributed by atoms with van der Waals surface area (Å²) in [6, 6.07) is 10.4. The molecule has 0 unspecified atom stereocenters. The topological polar surface area (TPSA) is 86.8 Å². The van der Waals surface area contributed by atoms with Crippen LogP contribution in [0.1, 0.15) is 31.4 Å². The van der Waals surface area contributed by atoms with Crippen LogP contribution in [0.4, 0.5) is 18.9 Å². The van der Waals surface area contributed by atoms with Gasteiger partial charge < -0.3 is 10.2 Å². The molecule has 12 heteroatoms. The van der Waals surface area contributed by atoms with Gasteiger partial charge in [0.2, 0.25) is 21.8 Å². The van der Waals surface area contributed by atoms with Crippen molar-refractivity contribution < 1.29 is 31.2 Å². The Labute approximate surface area is 214 Å². The minimum atomic E-state index is -4.75. The number of nitrogens with one attached hydrogen (secondary N) is 1. The van der Waals surface area contributed by atoms with Crippen molar-refractivity contribution in [3.8, 4) is 0 Å². The minimum Gasteiger partial charge on any atom is -0.354 e. The van der Waals surface area contributed by atoms with E-state index in [0.29, 0.717) is 29.8 Å². The molecule has 7 nitrogen and oxygen atoms in total. The van der Waals surface area contributed by atoms with Crippen LogP contribution in [0, 0.1) is 0 Å². The van der Waals surface area contributed by atoms with E-state index in [9.17, 15) is 31.2 Å². The van der Waals surface area contributed by atoms with Crippen molar-refractivity contribution in [1.29, 1.82) is 0 Å². The van der Waals surface area contributed by atoms with E-state index in [0.717, 1.165) is 24.0 Å². The molecule has 0 saturated carbocycles. The Kier molecular flexibility index (Phi) is 10.2. The number of carbonyl (C=O) groups is 2. The molecule has 0 aliphatic rings. The Morgan fingerprint density at radius 1 is 1.11 bits per heavy atom. The van der Waals surface area contributed by atoms with Gasteiger partial charge in [-0.2, -0.15) is 13.2 Å². The summed E-state index contributed by atoms with van der Waals surface area (Å²) in [6.45, 7) is 3.01. The number of alkyl halides is 3. The highest BCUT2D eigenvalue weighted by Gasteiger charge is 2.34. The summed E-state index contributed by atoms with van der Waals surface area (Å²) in [6.07, 6.45) is -2.93. The van der Waals surface area contributed by atoms with Crippen molar-refractivity contribution in [2.24, 2.45) is 0 Å². The Balaban J connectivity index is 2.41. The summed E-state index contributed by atoms with van der Waals surface area (Å²) in [5, 5.41) is 2.43. The number of hydrogen-bond donors (Lipinski definition) is 1. The number of amides is 2.